The summed E-state index contributed by atoms with van der Waals surface area (Å²) in [6.45, 7) is 5.57. The van der Waals surface area contributed by atoms with Crippen LogP contribution in [0.1, 0.15) is 59.2 Å². The molecule has 0 fully saturated rings. The fourth-order valence-electron chi connectivity index (χ4n) is 5.19. The third kappa shape index (κ3) is 7.81. The monoisotopic (exact) mass is 696 g/mol. The van der Waals surface area contributed by atoms with Gasteiger partial charge in [-0.1, -0.05) is 36.4 Å². The minimum absolute atomic E-state index is 0.127. The number of allylic oxidation sites excluding steroid dienone is 5. The van der Waals surface area contributed by atoms with Gasteiger partial charge in [0, 0.05) is 29.2 Å². The Kier molecular flexibility index (Phi) is 11.1. The Morgan fingerprint density at radius 1 is 0.941 bits per heavy atom. The molecule has 0 saturated carbocycles. The van der Waals surface area contributed by atoms with Crippen molar-refractivity contribution < 1.29 is 68.2 Å². The first-order chi connectivity index (χ1) is 24.2. The Labute approximate surface area is 288 Å². The van der Waals surface area contributed by atoms with Gasteiger partial charge >= 0.3 is 23.9 Å². The molecule has 0 saturated heterocycles. The van der Waals surface area contributed by atoms with Crippen LogP contribution in [0.25, 0.3) is 0 Å². The van der Waals surface area contributed by atoms with E-state index >= 15 is 0 Å². The average Bonchev–Trinajstić information content (AvgIpc) is 3.23. The van der Waals surface area contributed by atoms with Crippen LogP contribution in [0.4, 0.5) is 0 Å². The maximum Gasteiger partial charge on any atom is 0.347 e. The number of ether oxygens (including phenoxy) is 3. The van der Waals surface area contributed by atoms with Crippen molar-refractivity contribution in [3.63, 3.8) is 0 Å². The van der Waals surface area contributed by atoms with Crippen LogP contribution in [0.2, 0.25) is 0 Å². The highest BCUT2D eigenvalue weighted by atomic mass is 16.6. The van der Waals surface area contributed by atoms with Crippen molar-refractivity contribution in [2.45, 2.75) is 26.4 Å². The summed E-state index contributed by atoms with van der Waals surface area (Å²) in [6.07, 6.45) is 6.99. The normalized spacial score (nSPS) is 13.6. The number of esters is 2. The number of aryl methyl sites for hydroxylation is 1. The first-order valence-corrected chi connectivity index (χ1v) is 14.8. The lowest BCUT2D eigenvalue weighted by atomic mass is 9.86. The highest BCUT2D eigenvalue weighted by Crippen LogP contribution is 2.50. The lowest BCUT2D eigenvalue weighted by Crippen LogP contribution is -2.13. The summed E-state index contributed by atoms with van der Waals surface area (Å²) < 4.78 is 15.9. The van der Waals surface area contributed by atoms with Gasteiger partial charge in [0.05, 0.1) is 11.1 Å². The molecular weight excluding hydrogens is 668 g/mol. The summed E-state index contributed by atoms with van der Waals surface area (Å²) in [7, 11) is 0. The molecule has 14 nitrogen and oxygen atoms in total. The predicted octanol–water partition coefficient (Wildman–Crippen LogP) is 4.82. The van der Waals surface area contributed by atoms with Gasteiger partial charge in [0.25, 0.3) is 0 Å². The molecule has 1 unspecified atom stereocenters. The molecule has 260 valence electrons. The molecule has 5 rings (SSSR count). The Balaban J connectivity index is 0.000000286. The summed E-state index contributed by atoms with van der Waals surface area (Å²) in [5, 5.41) is 38.9. The number of phenolic OH excluding ortho intramolecular Hbond substituents is 1. The largest absolute Gasteiger partial charge is 0.507 e. The maximum absolute atomic E-state index is 12.9. The zero-order chi connectivity index (χ0) is 37.6. The third-order valence-corrected chi connectivity index (χ3v) is 7.58. The lowest BCUT2D eigenvalue weighted by molar-refractivity contribution is -0.139. The van der Waals surface area contributed by atoms with E-state index in [2.05, 4.69) is 6.58 Å². The van der Waals surface area contributed by atoms with Gasteiger partial charge in [-0.2, -0.15) is 0 Å². The number of rotatable bonds is 9. The van der Waals surface area contributed by atoms with Crippen molar-refractivity contribution in [2.24, 2.45) is 0 Å². The number of phenols is 2. The lowest BCUT2D eigenvalue weighted by Gasteiger charge is -2.18. The van der Waals surface area contributed by atoms with Crippen LogP contribution in [0.3, 0.4) is 0 Å². The first kappa shape index (κ1) is 36.7. The predicted molar refractivity (Wildman–Crippen MR) is 176 cm³/mol. The Morgan fingerprint density at radius 2 is 1.63 bits per heavy atom. The summed E-state index contributed by atoms with van der Waals surface area (Å²) in [5.74, 6) is -8.41. The number of hydrogen-bond donors (Lipinski definition) is 4. The Morgan fingerprint density at radius 3 is 2.24 bits per heavy atom. The number of carboxylic acids is 2. The van der Waals surface area contributed by atoms with Gasteiger partial charge in [0.2, 0.25) is 0 Å². The molecule has 3 aromatic carbocycles. The van der Waals surface area contributed by atoms with Crippen molar-refractivity contribution in [1.29, 1.82) is 0 Å². The van der Waals surface area contributed by atoms with Crippen LogP contribution in [0.15, 0.2) is 85.0 Å². The summed E-state index contributed by atoms with van der Waals surface area (Å²) in [5.41, 5.74) is -0.354. The topological polar surface area (TPSA) is 228 Å². The molecular formula is C37H28O14. The molecule has 1 aliphatic carbocycles. The number of aromatic hydroxyl groups is 2. The standard InChI is InChI=1S/C22H16O12.C15H12O2/c1-8-5-12(24)10(6-23)19-15(8)22(31)34-20-11(7-32-14(27)4-3-13(25)26)17(28)16(21(29)30)9(2)18(20)33-19;1-2-13(11-6-4-3-5-7-11)14-10-12(16)8-9-15(14)17/h3-6,24,28H,7H2,1-2H3,(H,25,26)(H,29,30);2-10,13H,1H2. The van der Waals surface area contributed by atoms with E-state index in [1.54, 1.807) is 6.08 Å². The van der Waals surface area contributed by atoms with Gasteiger partial charge in [0.15, 0.2) is 35.1 Å². The van der Waals surface area contributed by atoms with E-state index in [0.29, 0.717) is 17.7 Å². The zero-order valence-electron chi connectivity index (χ0n) is 26.9. The number of benzene rings is 3. The number of aldehydes is 1. The second kappa shape index (κ2) is 15.4. The van der Waals surface area contributed by atoms with Crippen molar-refractivity contribution >= 4 is 41.7 Å². The number of aliphatic carboxylic acids is 1. The van der Waals surface area contributed by atoms with Crippen molar-refractivity contribution in [3.8, 4) is 28.7 Å². The minimum Gasteiger partial charge on any atom is -0.507 e. The summed E-state index contributed by atoms with van der Waals surface area (Å²) in [4.78, 5) is 81.7. The number of hydrogen-bond acceptors (Lipinski definition) is 12. The minimum atomic E-state index is -1.60. The van der Waals surface area contributed by atoms with Gasteiger partial charge in [-0.15, -0.1) is 6.58 Å². The second-order valence-corrected chi connectivity index (χ2v) is 10.8. The maximum atomic E-state index is 12.9. The SMILES string of the molecule is C=CC(C1=CC(=O)C=CC1=O)c1ccccc1.Cc1cc(O)c(C=O)c2c1C(=O)Oc1c(COC(=O)C=CC(=O)O)c(O)c(C(=O)O)c(C)c1O2. The molecule has 51 heavy (non-hydrogen) atoms. The van der Waals surface area contributed by atoms with Crippen LogP contribution in [0, 0.1) is 13.8 Å². The number of fused-ring (bicyclic) bond motifs is 2. The number of ketones is 2. The molecule has 4 N–H and O–H groups in total. The molecule has 0 amide bonds. The Bertz CT molecular complexity index is 2100. The smallest absolute Gasteiger partial charge is 0.347 e. The average molecular weight is 697 g/mol. The van der Waals surface area contributed by atoms with E-state index in [1.165, 1.54) is 32.1 Å². The van der Waals surface area contributed by atoms with Crippen LogP contribution >= 0.6 is 0 Å². The molecule has 3 aromatic rings. The highest BCUT2D eigenvalue weighted by molar-refractivity contribution is 6.18. The molecule has 1 atom stereocenters. The third-order valence-electron chi connectivity index (χ3n) is 7.58. The van der Waals surface area contributed by atoms with Gasteiger partial charge in [-0.25, -0.2) is 19.2 Å². The Hall–Kier alpha value is -7.09. The van der Waals surface area contributed by atoms with E-state index < -0.39 is 70.2 Å². The molecule has 0 aromatic heterocycles. The van der Waals surface area contributed by atoms with Crippen molar-refractivity contribution in [1.82, 2.24) is 0 Å². The summed E-state index contributed by atoms with van der Waals surface area (Å²) >= 11 is 0. The van der Waals surface area contributed by atoms with Crippen molar-refractivity contribution in [2.75, 3.05) is 0 Å². The second-order valence-electron chi connectivity index (χ2n) is 10.8. The van der Waals surface area contributed by atoms with Gasteiger partial charge < -0.3 is 34.6 Å². The molecule has 0 bridgehead atoms. The fraction of sp³-hybridized carbons (Fsp3) is 0.108. The number of aromatic carboxylic acids is 1. The molecule has 1 aliphatic heterocycles. The zero-order valence-corrected chi connectivity index (χ0v) is 26.9. The van der Waals surface area contributed by atoms with Crippen LogP contribution < -0.4 is 9.47 Å². The van der Waals surface area contributed by atoms with Crippen LogP contribution in [-0.2, 0) is 30.5 Å². The quantitative estimate of drug-likeness (QED) is 0.0587. The van der Waals surface area contributed by atoms with E-state index in [1.807, 2.05) is 30.3 Å². The van der Waals surface area contributed by atoms with Crippen LogP contribution in [-0.4, -0.2) is 62.2 Å². The van der Waals surface area contributed by atoms with E-state index in [0.717, 1.165) is 11.6 Å². The highest BCUT2D eigenvalue weighted by Gasteiger charge is 2.36. The number of carboxylic acid groups (broad SMARTS) is 2. The molecule has 1 heterocycles. The van der Waals surface area contributed by atoms with E-state index in [4.69, 9.17) is 19.3 Å². The number of carbonyl (C=O) groups excluding carboxylic acids is 5. The number of carbonyl (C=O) groups is 7. The van der Waals surface area contributed by atoms with E-state index in [-0.39, 0.29) is 46.2 Å². The molecule has 0 spiro atoms. The van der Waals surface area contributed by atoms with Gasteiger partial charge in [0.1, 0.15) is 29.2 Å². The molecule has 2 aliphatic rings. The van der Waals surface area contributed by atoms with Crippen molar-refractivity contribution in [3.05, 3.63) is 124 Å². The molecule has 14 heteroatoms. The first-order valence-electron chi connectivity index (χ1n) is 14.8. The van der Waals surface area contributed by atoms with E-state index in [9.17, 15) is 48.9 Å². The fourth-order valence-corrected chi connectivity index (χ4v) is 5.19. The summed E-state index contributed by atoms with van der Waals surface area (Å²) in [6, 6.07) is 10.7. The van der Waals surface area contributed by atoms with Crippen LogP contribution in [0.5, 0.6) is 28.7 Å². The van der Waals surface area contributed by atoms with Gasteiger partial charge in [-0.3, -0.25) is 14.4 Å². The molecule has 0 radical (unpaired) electrons. The van der Waals surface area contributed by atoms with Gasteiger partial charge in [-0.05, 0) is 49.3 Å².